The van der Waals surface area contributed by atoms with Crippen LogP contribution in [0, 0.1) is 0 Å². The fourth-order valence-corrected chi connectivity index (χ4v) is 2.61. The first-order valence-electron chi connectivity index (χ1n) is 9.80. The largest absolute Gasteiger partial charge is 0.493 e. The Balaban J connectivity index is 0.00000104. The van der Waals surface area contributed by atoms with E-state index in [1.54, 1.807) is 25.1 Å². The predicted molar refractivity (Wildman–Crippen MR) is 119 cm³/mol. The summed E-state index contributed by atoms with van der Waals surface area (Å²) in [4.78, 5) is 0. The van der Waals surface area contributed by atoms with Crippen LogP contribution in [0.1, 0.15) is 18.1 Å². The molecule has 0 heterocycles. The molecule has 13 heteroatoms. The number of nitrogens with one attached hydrogen (secondary N) is 1. The Bertz CT molecular complexity index is 1020. The number of sulfone groups is 1. The van der Waals surface area contributed by atoms with E-state index >= 15 is 0 Å². The second kappa shape index (κ2) is 12.6. The summed E-state index contributed by atoms with van der Waals surface area (Å²) in [5.74, 6) is 0.915. The third-order valence-corrected chi connectivity index (χ3v) is 3.91. The van der Waals surface area contributed by atoms with Crippen LogP contribution in [0.4, 0.5) is 33.3 Å². The highest BCUT2D eigenvalue weighted by molar-refractivity contribution is 7.89. The number of alkyl halides is 5. The lowest BCUT2D eigenvalue weighted by molar-refractivity contribution is -0.137. The highest BCUT2D eigenvalue weighted by Gasteiger charge is 2.31. The number of hydrogen-bond donors (Lipinski definition) is 2. The molecule has 0 saturated heterocycles. The predicted octanol–water partition coefficient (Wildman–Crippen LogP) is 4.85. The van der Waals surface area contributed by atoms with Crippen molar-refractivity contribution in [1.82, 2.24) is 0 Å². The van der Waals surface area contributed by atoms with Gasteiger partial charge in [-0.2, -0.15) is 13.2 Å². The molecule has 0 spiro atoms. The second-order valence-electron chi connectivity index (χ2n) is 7.12. The van der Waals surface area contributed by atoms with Gasteiger partial charge >= 0.3 is 6.18 Å². The van der Waals surface area contributed by atoms with Gasteiger partial charge in [-0.3, -0.25) is 10.3 Å². The Morgan fingerprint density at radius 3 is 2.21 bits per heavy atom. The Labute approximate surface area is 195 Å². The number of anilines is 2. The van der Waals surface area contributed by atoms with Crippen molar-refractivity contribution in [2.45, 2.75) is 26.1 Å². The average molecular weight is 515 g/mol. The Morgan fingerprint density at radius 2 is 1.71 bits per heavy atom. The normalized spacial score (nSPS) is 11.5. The molecular formula is C21H27F5N2O5S. The monoisotopic (exact) mass is 514 g/mol. The summed E-state index contributed by atoms with van der Waals surface area (Å²) >= 11 is 0. The third kappa shape index (κ3) is 10.4. The average Bonchev–Trinajstić information content (AvgIpc) is 2.70. The molecular weight excluding hydrogens is 487 g/mol. The zero-order chi connectivity index (χ0) is 26.1. The molecule has 0 fully saturated rings. The summed E-state index contributed by atoms with van der Waals surface area (Å²) in [5.41, 5.74) is -0.792. The van der Waals surface area contributed by atoms with E-state index in [0.717, 1.165) is 24.6 Å². The van der Waals surface area contributed by atoms with Crippen molar-refractivity contribution in [2.75, 3.05) is 43.2 Å². The number of hydroxylamine groups is 1. The molecule has 0 aromatic heterocycles. The summed E-state index contributed by atoms with van der Waals surface area (Å²) in [6.45, 7) is 1.18. The Hall–Kier alpha value is -2.80. The van der Waals surface area contributed by atoms with Gasteiger partial charge in [0.1, 0.15) is 9.84 Å². The van der Waals surface area contributed by atoms with E-state index in [4.69, 9.17) is 9.47 Å². The molecule has 0 bridgehead atoms. The fourth-order valence-electron chi connectivity index (χ4n) is 2.61. The van der Waals surface area contributed by atoms with Gasteiger partial charge in [-0.1, -0.05) is 6.07 Å². The van der Waals surface area contributed by atoms with Gasteiger partial charge in [0.05, 0.1) is 43.7 Å². The minimum Gasteiger partial charge on any atom is -0.493 e. The lowest BCUT2D eigenvalue weighted by Crippen LogP contribution is -2.21. The number of nitrogens with zero attached hydrogens (tertiary/aromatic N) is 1. The van der Waals surface area contributed by atoms with Crippen molar-refractivity contribution in [2.24, 2.45) is 0 Å². The lowest BCUT2D eigenvalue weighted by Gasteiger charge is -2.23. The minimum atomic E-state index is -4.65. The number of methoxy groups -OCH3 is 1. The van der Waals surface area contributed by atoms with Crippen LogP contribution in [0.5, 0.6) is 11.5 Å². The Kier molecular flexibility index (Phi) is 10.8. The summed E-state index contributed by atoms with van der Waals surface area (Å²) in [5, 5.41) is 13.3. The Morgan fingerprint density at radius 1 is 1.09 bits per heavy atom. The molecule has 7 nitrogen and oxygen atoms in total. The molecule has 34 heavy (non-hydrogen) atoms. The van der Waals surface area contributed by atoms with Crippen LogP contribution in [0.3, 0.4) is 0 Å². The zero-order valence-electron chi connectivity index (χ0n) is 19.0. The van der Waals surface area contributed by atoms with Gasteiger partial charge in [0.25, 0.3) is 6.43 Å². The summed E-state index contributed by atoms with van der Waals surface area (Å²) in [7, 11) is -1.20. The molecule has 192 valence electrons. The molecule has 0 aliphatic rings. The van der Waals surface area contributed by atoms with E-state index < -0.39 is 34.5 Å². The van der Waals surface area contributed by atoms with Gasteiger partial charge in [0, 0.05) is 12.5 Å². The summed E-state index contributed by atoms with van der Waals surface area (Å²) in [6.07, 6.45) is -5.11. The topological polar surface area (TPSA) is 88.1 Å². The highest BCUT2D eigenvalue weighted by atomic mass is 32.2. The van der Waals surface area contributed by atoms with Crippen molar-refractivity contribution in [3.8, 4) is 11.5 Å². The van der Waals surface area contributed by atoms with Gasteiger partial charge in [0.15, 0.2) is 11.5 Å². The van der Waals surface area contributed by atoms with E-state index in [1.165, 1.54) is 7.11 Å². The third-order valence-electron chi connectivity index (χ3n) is 3.91. The SMILES string of the molecule is CCOc1cc(CN(O)c2ccc(C(F)(F)F)cc2NCC(F)F)ccc1OC.CS(C)(=O)=O. The molecule has 0 unspecified atom stereocenters. The van der Waals surface area contributed by atoms with Crippen LogP contribution >= 0.6 is 0 Å². The van der Waals surface area contributed by atoms with Crippen LogP contribution in [-0.4, -0.2) is 52.8 Å². The molecule has 0 radical (unpaired) electrons. The van der Waals surface area contributed by atoms with Gasteiger partial charge in [0.2, 0.25) is 0 Å². The fraction of sp³-hybridized carbons (Fsp3) is 0.429. The van der Waals surface area contributed by atoms with Crippen molar-refractivity contribution >= 4 is 21.2 Å². The maximum Gasteiger partial charge on any atom is 0.416 e. The first-order valence-corrected chi connectivity index (χ1v) is 12.1. The number of halogens is 5. The molecule has 0 aliphatic heterocycles. The lowest BCUT2D eigenvalue weighted by atomic mass is 10.1. The van der Waals surface area contributed by atoms with Crippen LogP contribution in [0.2, 0.25) is 0 Å². The molecule has 2 rings (SSSR count). The molecule has 2 aromatic rings. The van der Waals surface area contributed by atoms with Crippen LogP contribution in [0.25, 0.3) is 0 Å². The number of rotatable bonds is 9. The van der Waals surface area contributed by atoms with Crippen molar-refractivity contribution in [3.63, 3.8) is 0 Å². The standard InChI is InChI=1S/C19H21F5N2O3.C2H6O2S/c1-3-29-17-8-12(4-7-16(17)28-2)11-26(27)15-6-5-13(19(22,23)24)9-14(15)25-10-18(20)21;1-5(2,3)4/h4-9,18,25,27H,3,10-11H2,1-2H3;1-2H3. The van der Waals surface area contributed by atoms with E-state index in [-0.39, 0.29) is 17.9 Å². The van der Waals surface area contributed by atoms with Gasteiger partial charge < -0.3 is 14.8 Å². The molecule has 0 aliphatic carbocycles. The molecule has 0 amide bonds. The summed E-state index contributed by atoms with van der Waals surface area (Å²) < 4.78 is 93.8. The van der Waals surface area contributed by atoms with Gasteiger partial charge in [-0.25, -0.2) is 17.2 Å². The van der Waals surface area contributed by atoms with Gasteiger partial charge in [-0.05, 0) is 42.8 Å². The first kappa shape index (κ1) is 29.2. The summed E-state index contributed by atoms with van der Waals surface area (Å²) in [6, 6.07) is 7.34. The number of ether oxygens (including phenoxy) is 2. The maximum atomic E-state index is 13.0. The van der Waals surface area contributed by atoms with Crippen molar-refractivity contribution in [3.05, 3.63) is 47.5 Å². The second-order valence-corrected chi connectivity index (χ2v) is 9.41. The van der Waals surface area contributed by atoms with Crippen LogP contribution in [0.15, 0.2) is 36.4 Å². The van der Waals surface area contributed by atoms with Crippen LogP contribution < -0.4 is 19.9 Å². The maximum absolute atomic E-state index is 13.0. The van der Waals surface area contributed by atoms with E-state index in [1.807, 2.05) is 0 Å². The first-order chi connectivity index (χ1) is 15.7. The molecule has 2 N–H and O–H groups in total. The quantitative estimate of drug-likeness (QED) is 0.366. The smallest absolute Gasteiger partial charge is 0.416 e. The van der Waals surface area contributed by atoms with Crippen LogP contribution in [-0.2, 0) is 22.6 Å². The minimum absolute atomic E-state index is 0.0765. The highest BCUT2D eigenvalue weighted by Crippen LogP contribution is 2.36. The zero-order valence-corrected chi connectivity index (χ0v) is 19.8. The van der Waals surface area contributed by atoms with Gasteiger partial charge in [-0.15, -0.1) is 0 Å². The van der Waals surface area contributed by atoms with E-state index in [2.05, 4.69) is 5.32 Å². The number of benzene rings is 2. The number of hydrogen-bond acceptors (Lipinski definition) is 7. The molecule has 0 atom stereocenters. The van der Waals surface area contributed by atoms with E-state index in [0.29, 0.717) is 34.8 Å². The molecule has 2 aromatic carbocycles. The van der Waals surface area contributed by atoms with E-state index in [9.17, 15) is 35.6 Å². The van der Waals surface area contributed by atoms with Crippen molar-refractivity contribution in [1.29, 1.82) is 0 Å². The molecule has 0 saturated carbocycles. The van der Waals surface area contributed by atoms with Crippen molar-refractivity contribution < 1.29 is 45.1 Å².